The fraction of sp³-hybridized carbons (Fsp3) is 0.129. The summed E-state index contributed by atoms with van der Waals surface area (Å²) in [6, 6.07) is 25.3. The van der Waals surface area contributed by atoms with Crippen LogP contribution in [-0.2, 0) is 17.5 Å². The highest BCUT2D eigenvalue weighted by molar-refractivity contribution is 7.99. The van der Waals surface area contributed by atoms with E-state index in [0.29, 0.717) is 21.7 Å². The Bertz CT molecular complexity index is 2010. The Morgan fingerprint density at radius 1 is 0.878 bits per heavy atom. The Hall–Kier alpha value is -4.57. The summed E-state index contributed by atoms with van der Waals surface area (Å²) >= 11 is 1.04. The minimum Gasteiger partial charge on any atom is -0.341 e. The molecule has 2 aromatic heterocycles. The van der Waals surface area contributed by atoms with E-state index in [1.165, 1.54) is 16.7 Å². The maximum Gasteiger partial charge on any atom is 0.416 e. The molecule has 6 nitrogen and oxygen atoms in total. The summed E-state index contributed by atoms with van der Waals surface area (Å²) in [6.45, 7) is 2.86. The molecule has 2 heterocycles. The quantitative estimate of drug-likeness (QED) is 0.168. The molecule has 0 radical (unpaired) electrons. The van der Waals surface area contributed by atoms with Gasteiger partial charge in [-0.15, -0.1) is 0 Å². The minimum atomic E-state index is -4.52. The van der Waals surface area contributed by atoms with Crippen molar-refractivity contribution in [2.45, 2.75) is 24.8 Å². The average molecular weight is 573 g/mol. The van der Waals surface area contributed by atoms with Gasteiger partial charge in [0.2, 0.25) is 5.91 Å². The van der Waals surface area contributed by atoms with E-state index in [9.17, 15) is 22.8 Å². The van der Waals surface area contributed by atoms with Crippen molar-refractivity contribution in [1.82, 2.24) is 14.1 Å². The highest BCUT2D eigenvalue weighted by Gasteiger charge is 2.30. The second-order valence-corrected chi connectivity index (χ2v) is 10.4. The molecule has 0 unspecified atom stereocenters. The zero-order valence-electron chi connectivity index (χ0n) is 21.8. The van der Waals surface area contributed by atoms with Gasteiger partial charge in [0.25, 0.3) is 5.56 Å². The molecular formula is C31H23F3N4O2S. The number of nitrogens with zero attached hydrogens (tertiary/aromatic N) is 3. The Labute approximate surface area is 236 Å². The Morgan fingerprint density at radius 3 is 2.39 bits per heavy atom. The van der Waals surface area contributed by atoms with E-state index in [0.717, 1.165) is 52.2 Å². The molecule has 41 heavy (non-hydrogen) atoms. The van der Waals surface area contributed by atoms with Gasteiger partial charge in [-0.1, -0.05) is 48.2 Å². The number of amides is 1. The zero-order chi connectivity index (χ0) is 28.7. The van der Waals surface area contributed by atoms with Gasteiger partial charge in [0.15, 0.2) is 5.16 Å². The summed E-state index contributed by atoms with van der Waals surface area (Å²) in [5.74, 6) is -0.692. The van der Waals surface area contributed by atoms with Gasteiger partial charge < -0.3 is 9.88 Å². The van der Waals surface area contributed by atoms with Crippen LogP contribution < -0.4 is 10.9 Å². The van der Waals surface area contributed by atoms with Crippen LogP contribution in [0.5, 0.6) is 0 Å². The fourth-order valence-electron chi connectivity index (χ4n) is 5.06. The summed E-state index contributed by atoms with van der Waals surface area (Å²) < 4.78 is 43.0. The number of carbonyl (C=O) groups is 1. The summed E-state index contributed by atoms with van der Waals surface area (Å²) in [6.07, 6.45) is -4.52. The molecule has 10 heteroatoms. The van der Waals surface area contributed by atoms with Crippen LogP contribution in [0.4, 0.5) is 18.9 Å². The highest BCUT2D eigenvalue weighted by atomic mass is 32.2. The van der Waals surface area contributed by atoms with Crippen molar-refractivity contribution in [2.75, 3.05) is 11.1 Å². The average Bonchev–Trinajstić information content (AvgIpc) is 3.29. The lowest BCUT2D eigenvalue weighted by molar-refractivity contribution is -0.137. The molecule has 0 aliphatic rings. The normalized spacial score (nSPS) is 11.9. The number of nitrogens with one attached hydrogen (secondary N) is 1. The van der Waals surface area contributed by atoms with Crippen LogP contribution in [0, 0.1) is 0 Å². The molecule has 0 atom stereocenters. The third kappa shape index (κ3) is 4.95. The number of alkyl halides is 3. The minimum absolute atomic E-state index is 0.0343. The molecule has 4 aromatic carbocycles. The van der Waals surface area contributed by atoms with Gasteiger partial charge >= 0.3 is 6.18 Å². The van der Waals surface area contributed by atoms with Crippen LogP contribution >= 0.6 is 11.8 Å². The number of hydrogen-bond acceptors (Lipinski definition) is 4. The van der Waals surface area contributed by atoms with Crippen molar-refractivity contribution in [1.29, 1.82) is 0 Å². The largest absolute Gasteiger partial charge is 0.416 e. The molecule has 206 valence electrons. The second kappa shape index (κ2) is 10.4. The first-order valence-corrected chi connectivity index (χ1v) is 13.9. The number of para-hydroxylation sites is 2. The summed E-state index contributed by atoms with van der Waals surface area (Å²) in [5, 5.41) is 5.28. The van der Waals surface area contributed by atoms with Crippen molar-refractivity contribution >= 4 is 56.1 Å². The van der Waals surface area contributed by atoms with Gasteiger partial charge in [0, 0.05) is 34.0 Å². The third-order valence-corrected chi connectivity index (χ3v) is 7.82. The van der Waals surface area contributed by atoms with Crippen LogP contribution in [0.3, 0.4) is 0 Å². The smallest absolute Gasteiger partial charge is 0.341 e. The molecule has 0 saturated heterocycles. The number of carbonyl (C=O) groups excluding carboxylic acids is 1. The molecule has 0 bridgehead atoms. The Morgan fingerprint density at radius 2 is 1.61 bits per heavy atom. The molecule has 1 N–H and O–H groups in total. The van der Waals surface area contributed by atoms with Crippen LogP contribution in [0.2, 0.25) is 0 Å². The van der Waals surface area contributed by atoms with Gasteiger partial charge in [-0.3, -0.25) is 14.2 Å². The number of halogens is 3. The maximum atomic E-state index is 13.8. The van der Waals surface area contributed by atoms with Gasteiger partial charge in [0.05, 0.1) is 27.9 Å². The number of aromatic nitrogens is 3. The Kier molecular flexibility index (Phi) is 6.78. The van der Waals surface area contributed by atoms with Crippen LogP contribution in [-0.4, -0.2) is 25.8 Å². The topological polar surface area (TPSA) is 68.9 Å². The molecule has 0 spiro atoms. The van der Waals surface area contributed by atoms with Crippen molar-refractivity contribution in [3.63, 3.8) is 0 Å². The predicted molar refractivity (Wildman–Crippen MR) is 157 cm³/mol. The molecule has 0 aliphatic carbocycles. The number of aryl methyl sites for hydroxylation is 1. The van der Waals surface area contributed by atoms with E-state index in [4.69, 9.17) is 4.98 Å². The van der Waals surface area contributed by atoms with E-state index in [-0.39, 0.29) is 17.0 Å². The number of rotatable bonds is 6. The van der Waals surface area contributed by atoms with Crippen LogP contribution in [0.1, 0.15) is 12.5 Å². The fourth-order valence-corrected chi connectivity index (χ4v) is 5.87. The van der Waals surface area contributed by atoms with Crippen LogP contribution in [0.25, 0.3) is 38.4 Å². The van der Waals surface area contributed by atoms with Gasteiger partial charge in [-0.2, -0.15) is 13.2 Å². The van der Waals surface area contributed by atoms with Crippen molar-refractivity contribution in [3.8, 4) is 5.69 Å². The van der Waals surface area contributed by atoms with Crippen molar-refractivity contribution in [2.24, 2.45) is 0 Å². The van der Waals surface area contributed by atoms with E-state index in [2.05, 4.69) is 22.9 Å². The lowest BCUT2D eigenvalue weighted by atomic mass is 10.1. The van der Waals surface area contributed by atoms with E-state index in [1.54, 1.807) is 24.3 Å². The van der Waals surface area contributed by atoms with Crippen molar-refractivity contribution < 1.29 is 18.0 Å². The number of benzene rings is 4. The first kappa shape index (κ1) is 26.6. The lowest BCUT2D eigenvalue weighted by Gasteiger charge is -2.14. The van der Waals surface area contributed by atoms with E-state index in [1.807, 2.05) is 36.4 Å². The summed E-state index contributed by atoms with van der Waals surface area (Å²) in [7, 11) is 0. The highest BCUT2D eigenvalue weighted by Crippen LogP contribution is 2.32. The molecule has 0 fully saturated rings. The first-order valence-electron chi connectivity index (χ1n) is 12.9. The predicted octanol–water partition coefficient (Wildman–Crippen LogP) is 7.26. The summed E-state index contributed by atoms with van der Waals surface area (Å²) in [4.78, 5) is 31.2. The second-order valence-electron chi connectivity index (χ2n) is 9.43. The zero-order valence-corrected chi connectivity index (χ0v) is 22.6. The third-order valence-electron chi connectivity index (χ3n) is 6.88. The molecule has 0 aliphatic heterocycles. The number of anilines is 1. The number of fused-ring (bicyclic) bond motifs is 4. The maximum absolute atomic E-state index is 13.8. The van der Waals surface area contributed by atoms with Gasteiger partial charge in [-0.05, 0) is 61.5 Å². The lowest BCUT2D eigenvalue weighted by Crippen LogP contribution is -2.23. The molecular weight excluding hydrogens is 549 g/mol. The van der Waals surface area contributed by atoms with Gasteiger partial charge in [-0.25, -0.2) is 4.98 Å². The summed E-state index contributed by atoms with van der Waals surface area (Å²) in [5.41, 5.74) is 2.11. The molecule has 0 saturated carbocycles. The number of hydrogen-bond donors (Lipinski definition) is 1. The standard InChI is InChI=1S/C31H23F3N4O2S/c1-2-37-26-13-6-4-10-22(26)24-17-21(14-15-27(24)37)38-29(40)23-11-3-5-12-25(23)36-30(38)41-18-28(39)35-20-9-7-8-19(16-20)31(32,33)34/h3-17H,2,18H2,1H3,(H,35,39). The molecule has 1 amide bonds. The molecule has 6 rings (SSSR count). The van der Waals surface area contributed by atoms with Crippen LogP contribution in [0.15, 0.2) is 101 Å². The van der Waals surface area contributed by atoms with Gasteiger partial charge in [0.1, 0.15) is 0 Å². The van der Waals surface area contributed by atoms with Crippen molar-refractivity contribution in [3.05, 3.63) is 107 Å². The van der Waals surface area contributed by atoms with E-state index >= 15 is 0 Å². The SMILES string of the molecule is CCn1c2ccccc2c2cc(-n3c(SCC(=O)Nc4cccc(C(F)(F)F)c4)nc4ccccc4c3=O)ccc21. The molecule has 6 aromatic rings. The monoisotopic (exact) mass is 572 g/mol. The number of thioether (sulfide) groups is 1. The van der Waals surface area contributed by atoms with E-state index < -0.39 is 17.6 Å². The Balaban J connectivity index is 1.39. The first-order chi connectivity index (χ1) is 19.7.